The summed E-state index contributed by atoms with van der Waals surface area (Å²) < 4.78 is 0. The highest BCUT2D eigenvalue weighted by Crippen LogP contribution is 2.17. The molecule has 0 atom stereocenters. The molecule has 0 unspecified atom stereocenters. The molecule has 0 spiro atoms. The van der Waals surface area contributed by atoms with Crippen LogP contribution in [0, 0.1) is 5.92 Å². The van der Waals surface area contributed by atoms with E-state index >= 15 is 0 Å². The van der Waals surface area contributed by atoms with Crippen molar-refractivity contribution in [1.29, 1.82) is 0 Å². The molecule has 0 radical (unpaired) electrons. The van der Waals surface area contributed by atoms with Crippen LogP contribution in [0.15, 0.2) is 0 Å². The summed E-state index contributed by atoms with van der Waals surface area (Å²) in [6, 6.07) is 0. The van der Waals surface area contributed by atoms with Gasteiger partial charge in [-0.15, -0.1) is 0 Å². The van der Waals surface area contributed by atoms with E-state index in [1.54, 1.807) is 7.05 Å². The third-order valence-corrected chi connectivity index (χ3v) is 3.49. The van der Waals surface area contributed by atoms with Crippen molar-refractivity contribution in [3.8, 4) is 0 Å². The molecule has 1 aliphatic rings. The zero-order chi connectivity index (χ0) is 13.4. The van der Waals surface area contributed by atoms with Gasteiger partial charge in [-0.2, -0.15) is 0 Å². The van der Waals surface area contributed by atoms with E-state index in [0.29, 0.717) is 6.42 Å². The molecule has 2 amide bonds. The number of nitrogens with two attached hydrogens (primary N) is 1. The van der Waals surface area contributed by atoms with Crippen LogP contribution in [0.3, 0.4) is 0 Å². The Hall–Kier alpha value is -1.14. The van der Waals surface area contributed by atoms with E-state index in [9.17, 15) is 9.59 Å². The van der Waals surface area contributed by atoms with Gasteiger partial charge in [0.1, 0.15) is 0 Å². The number of nitrogens with zero attached hydrogens (tertiary/aromatic N) is 1. The van der Waals surface area contributed by atoms with Crippen molar-refractivity contribution in [1.82, 2.24) is 15.6 Å². The summed E-state index contributed by atoms with van der Waals surface area (Å²) in [5, 5.41) is 2.71. The van der Waals surface area contributed by atoms with E-state index in [2.05, 4.69) is 15.6 Å². The van der Waals surface area contributed by atoms with Crippen LogP contribution in [-0.4, -0.2) is 43.4 Å². The number of carbonyl (C=O) groups excluding carboxylic acids is 2. The van der Waals surface area contributed by atoms with Crippen LogP contribution >= 0.6 is 0 Å². The van der Waals surface area contributed by atoms with E-state index in [-0.39, 0.29) is 17.7 Å². The minimum absolute atomic E-state index is 0.103. The fourth-order valence-corrected chi connectivity index (χ4v) is 2.32. The molecule has 1 saturated heterocycles. The van der Waals surface area contributed by atoms with Gasteiger partial charge in [-0.05, 0) is 45.3 Å². The molecule has 1 rings (SSSR count). The van der Waals surface area contributed by atoms with E-state index in [1.807, 2.05) is 0 Å². The van der Waals surface area contributed by atoms with Crippen molar-refractivity contribution < 1.29 is 9.59 Å². The van der Waals surface area contributed by atoms with Crippen molar-refractivity contribution in [3.05, 3.63) is 0 Å². The Labute approximate surface area is 108 Å². The number of likely N-dealkylation sites (tertiary alicyclic amines) is 1. The fourth-order valence-electron chi connectivity index (χ4n) is 2.32. The summed E-state index contributed by atoms with van der Waals surface area (Å²) in [7, 11) is 1.69. The van der Waals surface area contributed by atoms with Crippen LogP contribution < -0.4 is 16.6 Å². The second kappa shape index (κ2) is 8.05. The average Bonchev–Trinajstić information content (AvgIpc) is 2.43. The maximum absolute atomic E-state index is 11.5. The van der Waals surface area contributed by atoms with Gasteiger partial charge in [0.2, 0.25) is 11.8 Å². The van der Waals surface area contributed by atoms with Gasteiger partial charge in [-0.1, -0.05) is 0 Å². The molecule has 0 bridgehead atoms. The predicted octanol–water partition coefficient (Wildman–Crippen LogP) is -0.395. The second-order valence-corrected chi connectivity index (χ2v) is 4.75. The molecule has 1 fully saturated rings. The molecule has 0 aromatic carbocycles. The van der Waals surface area contributed by atoms with Gasteiger partial charge in [-0.3, -0.25) is 15.0 Å². The number of carbonyl (C=O) groups is 2. The predicted molar refractivity (Wildman–Crippen MR) is 69.4 cm³/mol. The standard InChI is InChI=1S/C12H24N4O2/c1-14-12(18)10-5-8-16(9-6-10)7-3-2-4-11(17)15-13/h10H,2-9,13H2,1H3,(H,14,18)(H,15,17). The molecule has 0 aromatic heterocycles. The quantitative estimate of drug-likeness (QED) is 0.261. The van der Waals surface area contributed by atoms with Crippen molar-refractivity contribution in [2.75, 3.05) is 26.7 Å². The SMILES string of the molecule is CNC(=O)C1CCN(CCCCC(=O)NN)CC1. The lowest BCUT2D eigenvalue weighted by atomic mass is 9.96. The van der Waals surface area contributed by atoms with Crippen LogP contribution in [0.4, 0.5) is 0 Å². The molecule has 18 heavy (non-hydrogen) atoms. The molecule has 4 N–H and O–H groups in total. The number of unbranched alkanes of at least 4 members (excludes halogenated alkanes) is 1. The number of amides is 2. The van der Waals surface area contributed by atoms with Crippen LogP contribution in [0.2, 0.25) is 0 Å². The number of rotatable bonds is 6. The Morgan fingerprint density at radius 3 is 2.50 bits per heavy atom. The smallest absolute Gasteiger partial charge is 0.233 e. The first-order valence-electron chi connectivity index (χ1n) is 6.60. The molecule has 6 nitrogen and oxygen atoms in total. The molecular formula is C12H24N4O2. The highest BCUT2D eigenvalue weighted by atomic mass is 16.2. The lowest BCUT2D eigenvalue weighted by molar-refractivity contribution is -0.126. The van der Waals surface area contributed by atoms with Crippen molar-refractivity contribution in [3.63, 3.8) is 0 Å². The fraction of sp³-hybridized carbons (Fsp3) is 0.833. The lowest BCUT2D eigenvalue weighted by Crippen LogP contribution is -2.39. The van der Waals surface area contributed by atoms with E-state index < -0.39 is 0 Å². The van der Waals surface area contributed by atoms with E-state index in [1.165, 1.54) is 0 Å². The third-order valence-electron chi connectivity index (χ3n) is 3.49. The zero-order valence-electron chi connectivity index (χ0n) is 11.1. The van der Waals surface area contributed by atoms with Crippen molar-refractivity contribution >= 4 is 11.8 Å². The van der Waals surface area contributed by atoms with Crippen molar-refractivity contribution in [2.24, 2.45) is 11.8 Å². The molecule has 0 aliphatic carbocycles. The van der Waals surface area contributed by atoms with Gasteiger partial charge in [0.05, 0.1) is 0 Å². The maximum atomic E-state index is 11.5. The van der Waals surface area contributed by atoms with Crippen LogP contribution in [-0.2, 0) is 9.59 Å². The van der Waals surface area contributed by atoms with Gasteiger partial charge in [0.15, 0.2) is 0 Å². The first kappa shape index (κ1) is 14.9. The Bertz CT molecular complexity index is 275. The summed E-state index contributed by atoms with van der Waals surface area (Å²) in [5.74, 6) is 5.24. The summed E-state index contributed by atoms with van der Waals surface area (Å²) >= 11 is 0. The van der Waals surface area contributed by atoms with E-state index in [0.717, 1.165) is 45.3 Å². The Balaban J connectivity index is 2.09. The Morgan fingerprint density at radius 1 is 1.28 bits per heavy atom. The van der Waals surface area contributed by atoms with Gasteiger partial charge in [0.25, 0.3) is 0 Å². The minimum Gasteiger partial charge on any atom is -0.359 e. The van der Waals surface area contributed by atoms with Crippen LogP contribution in [0.25, 0.3) is 0 Å². The summed E-state index contributed by atoms with van der Waals surface area (Å²) in [4.78, 5) is 24.7. The number of hydrazine groups is 1. The molecular weight excluding hydrogens is 232 g/mol. The first-order chi connectivity index (χ1) is 8.67. The van der Waals surface area contributed by atoms with Gasteiger partial charge in [-0.25, -0.2) is 5.84 Å². The van der Waals surface area contributed by atoms with E-state index in [4.69, 9.17) is 5.84 Å². The minimum atomic E-state index is -0.103. The first-order valence-corrected chi connectivity index (χ1v) is 6.60. The molecule has 0 aromatic rings. The monoisotopic (exact) mass is 256 g/mol. The third kappa shape index (κ3) is 5.01. The average molecular weight is 256 g/mol. The largest absolute Gasteiger partial charge is 0.359 e. The summed E-state index contributed by atoms with van der Waals surface area (Å²) in [6.07, 6.45) is 4.22. The molecule has 1 aliphatic heterocycles. The number of piperidine rings is 1. The van der Waals surface area contributed by atoms with Gasteiger partial charge < -0.3 is 10.2 Å². The second-order valence-electron chi connectivity index (χ2n) is 4.75. The Morgan fingerprint density at radius 2 is 1.94 bits per heavy atom. The Kier molecular flexibility index (Phi) is 6.67. The number of hydrogen-bond donors (Lipinski definition) is 3. The van der Waals surface area contributed by atoms with Crippen molar-refractivity contribution in [2.45, 2.75) is 32.1 Å². The summed E-state index contributed by atoms with van der Waals surface area (Å²) in [5.41, 5.74) is 2.13. The lowest BCUT2D eigenvalue weighted by Gasteiger charge is -2.30. The molecule has 104 valence electrons. The van der Waals surface area contributed by atoms with Crippen LogP contribution in [0.1, 0.15) is 32.1 Å². The number of hydrogen-bond acceptors (Lipinski definition) is 4. The van der Waals surface area contributed by atoms with Gasteiger partial charge in [0, 0.05) is 19.4 Å². The molecule has 1 heterocycles. The van der Waals surface area contributed by atoms with Crippen LogP contribution in [0.5, 0.6) is 0 Å². The highest BCUT2D eigenvalue weighted by molar-refractivity contribution is 5.78. The summed E-state index contributed by atoms with van der Waals surface area (Å²) in [6.45, 7) is 2.95. The molecule has 0 saturated carbocycles. The van der Waals surface area contributed by atoms with Gasteiger partial charge >= 0.3 is 0 Å². The normalized spacial score (nSPS) is 17.4. The number of nitrogens with one attached hydrogen (secondary N) is 2. The zero-order valence-corrected chi connectivity index (χ0v) is 11.1. The topological polar surface area (TPSA) is 87.5 Å². The molecule has 6 heteroatoms. The highest BCUT2D eigenvalue weighted by Gasteiger charge is 2.23. The maximum Gasteiger partial charge on any atom is 0.233 e.